The molecule has 0 bridgehead atoms. The fourth-order valence-corrected chi connectivity index (χ4v) is 6.61. The number of fused-ring (bicyclic) bond motifs is 3. The Kier molecular flexibility index (Phi) is 5.88. The molecule has 1 aromatic heterocycles. The first-order valence-electron chi connectivity index (χ1n) is 13.1. The smallest absolute Gasteiger partial charge is 0.187 e. The molecule has 0 radical (unpaired) electrons. The maximum absolute atomic E-state index is 7.11. The lowest BCUT2D eigenvalue weighted by Crippen LogP contribution is -2.37. The van der Waals surface area contributed by atoms with Gasteiger partial charge in [-0.25, -0.2) is 0 Å². The average Bonchev–Trinajstić information content (AvgIpc) is 3.53. The highest BCUT2D eigenvalue weighted by Crippen LogP contribution is 2.47. The van der Waals surface area contributed by atoms with Crippen LogP contribution in [0, 0.1) is 0 Å². The lowest BCUT2D eigenvalue weighted by atomic mass is 9.87. The van der Waals surface area contributed by atoms with Crippen LogP contribution in [0.4, 0.5) is 11.4 Å². The fourth-order valence-electron chi connectivity index (χ4n) is 5.75. The van der Waals surface area contributed by atoms with Crippen LogP contribution in [0.25, 0.3) is 16.8 Å². The van der Waals surface area contributed by atoms with Gasteiger partial charge in [0.2, 0.25) is 0 Å². The number of morpholine rings is 2. The molecule has 1 atom stereocenters. The molecule has 37 heavy (non-hydrogen) atoms. The molecule has 4 aromatic rings. The van der Waals surface area contributed by atoms with Gasteiger partial charge < -0.3 is 24.0 Å². The van der Waals surface area contributed by atoms with Gasteiger partial charge in [-0.2, -0.15) is 0 Å². The molecule has 0 aliphatic carbocycles. The number of benzene rings is 3. The van der Waals surface area contributed by atoms with Gasteiger partial charge in [-0.1, -0.05) is 42.5 Å². The van der Waals surface area contributed by atoms with Crippen molar-refractivity contribution in [3.63, 3.8) is 0 Å². The van der Waals surface area contributed by atoms with E-state index in [1.807, 2.05) is 0 Å². The number of rotatable bonds is 4. The lowest BCUT2D eigenvalue weighted by Gasteiger charge is -2.37. The summed E-state index contributed by atoms with van der Waals surface area (Å²) in [5, 5.41) is 4.61. The minimum atomic E-state index is -0.671. The van der Waals surface area contributed by atoms with Crippen molar-refractivity contribution in [2.45, 2.75) is 5.60 Å². The lowest BCUT2D eigenvalue weighted by molar-refractivity contribution is 0.122. The summed E-state index contributed by atoms with van der Waals surface area (Å²) in [6, 6.07) is 24.1. The van der Waals surface area contributed by atoms with E-state index in [9.17, 15) is 0 Å². The molecule has 3 aromatic carbocycles. The molecule has 5 nitrogen and oxygen atoms in total. The molecule has 4 heterocycles. The highest BCUT2D eigenvalue weighted by molar-refractivity contribution is 7.10. The second-order valence-corrected chi connectivity index (χ2v) is 10.7. The number of thiophene rings is 1. The van der Waals surface area contributed by atoms with Crippen LogP contribution in [-0.2, 0) is 15.1 Å². The van der Waals surface area contributed by atoms with Crippen LogP contribution in [0.5, 0.6) is 5.75 Å². The predicted octanol–water partition coefficient (Wildman–Crippen LogP) is 5.92. The molecule has 188 valence electrons. The van der Waals surface area contributed by atoms with Gasteiger partial charge in [0.25, 0.3) is 0 Å². The second-order valence-electron chi connectivity index (χ2n) is 9.75. The third-order valence-electron chi connectivity index (χ3n) is 7.69. The van der Waals surface area contributed by atoms with Crippen molar-refractivity contribution in [3.8, 4) is 5.75 Å². The minimum absolute atomic E-state index is 0.671. The van der Waals surface area contributed by atoms with Gasteiger partial charge in [0, 0.05) is 60.1 Å². The van der Waals surface area contributed by atoms with Crippen LogP contribution in [0.1, 0.15) is 16.0 Å². The van der Waals surface area contributed by atoms with Crippen LogP contribution >= 0.6 is 11.3 Å². The van der Waals surface area contributed by atoms with Crippen molar-refractivity contribution in [1.82, 2.24) is 0 Å². The molecular weight excluding hydrogens is 480 g/mol. The summed E-state index contributed by atoms with van der Waals surface area (Å²) < 4.78 is 18.3. The van der Waals surface area contributed by atoms with E-state index < -0.39 is 5.60 Å². The molecule has 2 fully saturated rings. The summed E-state index contributed by atoms with van der Waals surface area (Å²) >= 11 is 1.74. The van der Waals surface area contributed by atoms with Crippen LogP contribution in [0.15, 0.2) is 78.2 Å². The van der Waals surface area contributed by atoms with Crippen molar-refractivity contribution < 1.29 is 14.2 Å². The SMILES string of the molecule is C1=CC(c2ccc(N3CCOCC3)cc2)(c2cccs2)Oc2cc(N3CCOCC3)c3ccccc3c21. The Labute approximate surface area is 221 Å². The zero-order valence-electron chi connectivity index (χ0n) is 20.8. The zero-order valence-corrected chi connectivity index (χ0v) is 21.6. The third-order valence-corrected chi connectivity index (χ3v) is 8.68. The van der Waals surface area contributed by atoms with Crippen LogP contribution in [0.2, 0.25) is 0 Å². The van der Waals surface area contributed by atoms with Gasteiger partial charge in [-0.3, -0.25) is 0 Å². The number of hydrogen-bond acceptors (Lipinski definition) is 6. The number of nitrogens with zero attached hydrogens (tertiary/aromatic N) is 2. The molecule has 6 heteroatoms. The molecule has 0 saturated carbocycles. The zero-order chi connectivity index (χ0) is 24.7. The number of hydrogen-bond donors (Lipinski definition) is 0. The van der Waals surface area contributed by atoms with E-state index in [0.29, 0.717) is 0 Å². The monoisotopic (exact) mass is 510 g/mol. The molecule has 1 unspecified atom stereocenters. The molecule has 2 saturated heterocycles. The Balaban J connectivity index is 1.33. The van der Waals surface area contributed by atoms with Crippen LogP contribution in [0.3, 0.4) is 0 Å². The van der Waals surface area contributed by atoms with Gasteiger partial charge >= 0.3 is 0 Å². The van der Waals surface area contributed by atoms with Gasteiger partial charge in [-0.05, 0) is 41.1 Å². The summed E-state index contributed by atoms with van der Waals surface area (Å²) in [4.78, 5) is 5.99. The Morgan fingerprint density at radius 3 is 2.14 bits per heavy atom. The van der Waals surface area contributed by atoms with Crippen molar-refractivity contribution in [2.24, 2.45) is 0 Å². The largest absolute Gasteiger partial charge is 0.472 e. The van der Waals surface area contributed by atoms with Crippen molar-refractivity contribution in [3.05, 3.63) is 94.2 Å². The standard InChI is InChI=1S/C31H30N2O3S/c1-2-5-26-25(4-1)27-11-12-31(30-6-3-21-37-30,36-29(27)22-28(26)33-15-19-35-20-16-33)23-7-9-24(10-8-23)32-13-17-34-18-14-32/h1-12,21-22H,13-20H2. The molecule has 3 aliphatic rings. The van der Waals surface area contributed by atoms with E-state index >= 15 is 0 Å². The maximum atomic E-state index is 7.11. The molecule has 0 spiro atoms. The maximum Gasteiger partial charge on any atom is 0.187 e. The van der Waals surface area contributed by atoms with Crippen molar-refractivity contribution >= 4 is 39.6 Å². The molecule has 7 rings (SSSR count). The van der Waals surface area contributed by atoms with E-state index in [1.165, 1.54) is 27.0 Å². The summed E-state index contributed by atoms with van der Waals surface area (Å²) in [5.74, 6) is 0.924. The Morgan fingerprint density at radius 2 is 1.43 bits per heavy atom. The fraction of sp³-hybridized carbons (Fsp3) is 0.290. The first kappa shape index (κ1) is 22.8. The van der Waals surface area contributed by atoms with E-state index in [4.69, 9.17) is 14.2 Å². The highest BCUT2D eigenvalue weighted by atomic mass is 32.1. The second kappa shape index (κ2) is 9.53. The predicted molar refractivity (Wildman–Crippen MR) is 151 cm³/mol. The van der Waals surface area contributed by atoms with Gasteiger partial charge in [0.1, 0.15) is 5.75 Å². The van der Waals surface area contributed by atoms with E-state index in [-0.39, 0.29) is 0 Å². The molecule has 0 N–H and O–H groups in total. The van der Waals surface area contributed by atoms with Crippen molar-refractivity contribution in [1.29, 1.82) is 0 Å². The van der Waals surface area contributed by atoms with E-state index in [1.54, 1.807) is 11.3 Å². The van der Waals surface area contributed by atoms with E-state index in [0.717, 1.165) is 69.5 Å². The van der Waals surface area contributed by atoms with Crippen molar-refractivity contribution in [2.75, 3.05) is 62.4 Å². The summed E-state index contributed by atoms with van der Waals surface area (Å²) in [6.45, 7) is 6.69. The van der Waals surface area contributed by atoms with E-state index in [2.05, 4.69) is 94.1 Å². The van der Waals surface area contributed by atoms with Gasteiger partial charge in [-0.15, -0.1) is 11.3 Å². The summed E-state index contributed by atoms with van der Waals surface area (Å²) in [5.41, 5.74) is 4.06. The summed E-state index contributed by atoms with van der Waals surface area (Å²) in [6.07, 6.45) is 4.51. The first-order chi connectivity index (χ1) is 18.3. The quantitative estimate of drug-likeness (QED) is 0.340. The normalized spacial score (nSPS) is 21.6. The van der Waals surface area contributed by atoms with Gasteiger partial charge in [0.15, 0.2) is 5.60 Å². The highest BCUT2D eigenvalue weighted by Gasteiger charge is 2.39. The molecule has 0 amide bonds. The number of ether oxygens (including phenoxy) is 3. The molecule has 3 aliphatic heterocycles. The minimum Gasteiger partial charge on any atom is -0.472 e. The van der Waals surface area contributed by atoms with Crippen LogP contribution in [-0.4, -0.2) is 52.6 Å². The van der Waals surface area contributed by atoms with Crippen LogP contribution < -0.4 is 14.5 Å². The third kappa shape index (κ3) is 4.00. The average molecular weight is 511 g/mol. The molecular formula is C31H30N2O3S. The Morgan fingerprint density at radius 1 is 0.730 bits per heavy atom. The Hall–Kier alpha value is -3.32. The topological polar surface area (TPSA) is 34.2 Å². The number of anilines is 2. The first-order valence-corrected chi connectivity index (χ1v) is 13.9. The van der Waals surface area contributed by atoms with Gasteiger partial charge in [0.05, 0.1) is 31.3 Å². The Bertz CT molecular complexity index is 1420. The summed E-state index contributed by atoms with van der Waals surface area (Å²) in [7, 11) is 0.